The number of ether oxygens (including phenoxy) is 2. The number of nitrogens with zero attached hydrogens (tertiary/aromatic N) is 1. The Bertz CT molecular complexity index is 688. The lowest BCUT2D eigenvalue weighted by atomic mass is 10.1. The van der Waals surface area contributed by atoms with Crippen molar-refractivity contribution in [2.45, 2.75) is 59.2 Å². The van der Waals surface area contributed by atoms with E-state index >= 15 is 0 Å². The maximum Gasteiger partial charge on any atom is 0.408 e. The predicted octanol–water partition coefficient (Wildman–Crippen LogP) is 3.38. The van der Waals surface area contributed by atoms with E-state index in [0.717, 1.165) is 0 Å². The monoisotopic (exact) mass is 522 g/mol. The third-order valence-corrected chi connectivity index (χ3v) is 3.59. The zero-order valence-corrected chi connectivity index (χ0v) is 20.7. The van der Waals surface area contributed by atoms with Crippen LogP contribution in [0.4, 0.5) is 4.79 Å². The lowest BCUT2D eigenvalue weighted by Crippen LogP contribution is -2.54. The molecule has 0 saturated carbocycles. The van der Waals surface area contributed by atoms with Gasteiger partial charge in [-0.05, 0) is 47.6 Å². The quantitative estimate of drug-likeness (QED) is 0.249. The molecular formula is C20H35IN4O4. The van der Waals surface area contributed by atoms with Gasteiger partial charge < -0.3 is 30.5 Å². The van der Waals surface area contributed by atoms with Crippen molar-refractivity contribution in [3.05, 3.63) is 23.8 Å². The standard InChI is InChI=1S/C20H34N4O4.HI/c1-8-21-17(22-12-14-10-9-11-15(27-7)16(14)25)23-13-20(5,6)24-18(26)28-19(2,3)4;/h9-11,25H,8,12-13H2,1-7H3,(H,24,26)(H2,21,22,23);1H. The number of aliphatic imine (C=N–C) groups is 1. The molecule has 0 aliphatic heterocycles. The summed E-state index contributed by atoms with van der Waals surface area (Å²) in [5.74, 6) is 1.06. The number of aromatic hydroxyl groups is 1. The summed E-state index contributed by atoms with van der Waals surface area (Å²) in [5.41, 5.74) is -0.456. The van der Waals surface area contributed by atoms with Crippen molar-refractivity contribution in [2.75, 3.05) is 20.2 Å². The van der Waals surface area contributed by atoms with E-state index in [9.17, 15) is 9.90 Å². The number of para-hydroxylation sites is 1. The Labute approximate surface area is 190 Å². The normalized spacial score (nSPS) is 11.9. The molecule has 0 radical (unpaired) electrons. The van der Waals surface area contributed by atoms with Crippen molar-refractivity contribution in [3.63, 3.8) is 0 Å². The number of rotatable bonds is 7. The number of carbonyl (C=O) groups is 1. The first-order valence-electron chi connectivity index (χ1n) is 9.35. The van der Waals surface area contributed by atoms with E-state index < -0.39 is 17.2 Å². The highest BCUT2D eigenvalue weighted by atomic mass is 127. The molecular weight excluding hydrogens is 487 g/mol. The molecule has 1 amide bonds. The Morgan fingerprint density at radius 1 is 1.17 bits per heavy atom. The van der Waals surface area contributed by atoms with E-state index in [1.54, 1.807) is 18.2 Å². The molecule has 0 unspecified atom stereocenters. The summed E-state index contributed by atoms with van der Waals surface area (Å²) in [6.07, 6.45) is -0.470. The van der Waals surface area contributed by atoms with Gasteiger partial charge in [-0.2, -0.15) is 0 Å². The van der Waals surface area contributed by atoms with Crippen molar-refractivity contribution >= 4 is 36.0 Å². The van der Waals surface area contributed by atoms with Crippen LogP contribution in [0.3, 0.4) is 0 Å². The minimum Gasteiger partial charge on any atom is -0.504 e. The molecule has 29 heavy (non-hydrogen) atoms. The fraction of sp³-hybridized carbons (Fsp3) is 0.600. The Kier molecular flexibility index (Phi) is 11.2. The third-order valence-electron chi connectivity index (χ3n) is 3.59. The van der Waals surface area contributed by atoms with Crippen LogP contribution in [-0.4, -0.2) is 48.5 Å². The second kappa shape index (κ2) is 11.9. The fourth-order valence-corrected chi connectivity index (χ4v) is 2.29. The Morgan fingerprint density at radius 3 is 2.38 bits per heavy atom. The topological polar surface area (TPSA) is 104 Å². The number of phenols is 1. The minimum atomic E-state index is -0.559. The van der Waals surface area contributed by atoms with Crippen LogP contribution in [0.5, 0.6) is 11.5 Å². The SMILES string of the molecule is CCNC(=NCc1cccc(OC)c1O)NCC(C)(C)NC(=O)OC(C)(C)C.I. The van der Waals surface area contributed by atoms with Crippen molar-refractivity contribution in [1.29, 1.82) is 0 Å². The summed E-state index contributed by atoms with van der Waals surface area (Å²) >= 11 is 0. The zero-order valence-electron chi connectivity index (χ0n) is 18.4. The van der Waals surface area contributed by atoms with Crippen molar-refractivity contribution in [2.24, 2.45) is 4.99 Å². The van der Waals surface area contributed by atoms with Gasteiger partial charge in [-0.25, -0.2) is 9.79 Å². The molecule has 8 nitrogen and oxygen atoms in total. The molecule has 0 spiro atoms. The number of amides is 1. The van der Waals surface area contributed by atoms with Gasteiger partial charge in [0.2, 0.25) is 0 Å². The van der Waals surface area contributed by atoms with Gasteiger partial charge in [0.1, 0.15) is 5.60 Å². The van der Waals surface area contributed by atoms with Gasteiger partial charge in [-0.1, -0.05) is 12.1 Å². The highest BCUT2D eigenvalue weighted by Crippen LogP contribution is 2.29. The minimum absolute atomic E-state index is 0. The number of benzene rings is 1. The number of carbonyl (C=O) groups excluding carboxylic acids is 1. The summed E-state index contributed by atoms with van der Waals surface area (Å²) in [4.78, 5) is 16.5. The van der Waals surface area contributed by atoms with Crippen LogP contribution in [0.1, 0.15) is 47.1 Å². The van der Waals surface area contributed by atoms with E-state index in [1.807, 2.05) is 41.5 Å². The van der Waals surface area contributed by atoms with Gasteiger partial charge in [-0.15, -0.1) is 24.0 Å². The molecule has 0 aliphatic rings. The second-order valence-electron chi connectivity index (χ2n) is 8.03. The first-order chi connectivity index (χ1) is 13.0. The van der Waals surface area contributed by atoms with E-state index in [-0.39, 0.29) is 36.3 Å². The van der Waals surface area contributed by atoms with Crippen molar-refractivity contribution in [1.82, 2.24) is 16.0 Å². The average molecular weight is 522 g/mol. The van der Waals surface area contributed by atoms with Crippen LogP contribution in [0.2, 0.25) is 0 Å². The number of nitrogens with one attached hydrogen (secondary N) is 3. The highest BCUT2D eigenvalue weighted by Gasteiger charge is 2.24. The van der Waals surface area contributed by atoms with Crippen molar-refractivity contribution < 1.29 is 19.4 Å². The Morgan fingerprint density at radius 2 is 1.83 bits per heavy atom. The largest absolute Gasteiger partial charge is 0.504 e. The summed E-state index contributed by atoms with van der Waals surface area (Å²) in [6.45, 7) is 12.6. The molecule has 0 aromatic heterocycles. The average Bonchev–Trinajstić information content (AvgIpc) is 2.56. The van der Waals surface area contributed by atoms with Crippen LogP contribution in [-0.2, 0) is 11.3 Å². The van der Waals surface area contributed by atoms with Gasteiger partial charge in [0.25, 0.3) is 0 Å². The number of guanidine groups is 1. The van der Waals surface area contributed by atoms with Gasteiger partial charge >= 0.3 is 6.09 Å². The van der Waals surface area contributed by atoms with Gasteiger partial charge in [0.05, 0.1) is 19.2 Å². The number of phenolic OH excluding ortho intramolecular Hbond substituents is 1. The molecule has 0 aliphatic carbocycles. The van der Waals surface area contributed by atoms with Gasteiger partial charge in [0, 0.05) is 18.7 Å². The molecule has 0 bridgehead atoms. The molecule has 166 valence electrons. The Balaban J connectivity index is 0.00000784. The number of hydrogen-bond acceptors (Lipinski definition) is 5. The molecule has 1 aromatic carbocycles. The van der Waals surface area contributed by atoms with Crippen LogP contribution in [0, 0.1) is 0 Å². The van der Waals surface area contributed by atoms with Crippen LogP contribution >= 0.6 is 24.0 Å². The molecule has 0 atom stereocenters. The third kappa shape index (κ3) is 10.4. The fourth-order valence-electron chi connectivity index (χ4n) is 2.29. The van der Waals surface area contributed by atoms with Crippen LogP contribution in [0.25, 0.3) is 0 Å². The predicted molar refractivity (Wildman–Crippen MR) is 126 cm³/mol. The number of halogens is 1. The molecule has 1 aromatic rings. The number of alkyl carbamates (subject to hydrolysis) is 1. The van der Waals surface area contributed by atoms with E-state index in [1.165, 1.54) is 7.11 Å². The zero-order chi connectivity index (χ0) is 21.4. The first kappa shape index (κ1) is 27.1. The molecule has 0 saturated heterocycles. The van der Waals surface area contributed by atoms with Gasteiger partial charge in [0.15, 0.2) is 17.5 Å². The number of methoxy groups -OCH3 is 1. The summed E-state index contributed by atoms with van der Waals surface area (Å²) < 4.78 is 10.4. The molecule has 1 rings (SSSR count). The van der Waals surface area contributed by atoms with E-state index in [0.29, 0.717) is 30.4 Å². The van der Waals surface area contributed by atoms with E-state index in [2.05, 4.69) is 20.9 Å². The van der Waals surface area contributed by atoms with E-state index in [4.69, 9.17) is 9.47 Å². The molecule has 4 N–H and O–H groups in total. The van der Waals surface area contributed by atoms with Crippen LogP contribution < -0.4 is 20.7 Å². The Hall–Kier alpha value is -1.91. The lowest BCUT2D eigenvalue weighted by Gasteiger charge is -2.29. The number of hydrogen-bond donors (Lipinski definition) is 4. The summed E-state index contributed by atoms with van der Waals surface area (Å²) in [6, 6.07) is 5.29. The summed E-state index contributed by atoms with van der Waals surface area (Å²) in [7, 11) is 1.51. The summed E-state index contributed by atoms with van der Waals surface area (Å²) in [5, 5.41) is 19.4. The first-order valence-corrected chi connectivity index (χ1v) is 9.35. The van der Waals surface area contributed by atoms with Gasteiger partial charge in [-0.3, -0.25) is 0 Å². The molecule has 0 heterocycles. The maximum absolute atomic E-state index is 12.0. The van der Waals surface area contributed by atoms with Crippen LogP contribution in [0.15, 0.2) is 23.2 Å². The smallest absolute Gasteiger partial charge is 0.408 e. The molecule has 9 heteroatoms. The van der Waals surface area contributed by atoms with Crippen molar-refractivity contribution in [3.8, 4) is 11.5 Å². The lowest BCUT2D eigenvalue weighted by molar-refractivity contribution is 0.0474. The maximum atomic E-state index is 12.0. The molecule has 0 fully saturated rings. The highest BCUT2D eigenvalue weighted by molar-refractivity contribution is 14.0. The second-order valence-corrected chi connectivity index (χ2v) is 8.03.